The number of methoxy groups -OCH3 is 1. The molecule has 0 radical (unpaired) electrons. The summed E-state index contributed by atoms with van der Waals surface area (Å²) in [5.74, 6) is -1.58. The summed E-state index contributed by atoms with van der Waals surface area (Å²) in [6.07, 6.45) is 2.77. The predicted molar refractivity (Wildman–Crippen MR) is 64.7 cm³/mol. The number of rotatable bonds is 6. The Labute approximate surface area is 109 Å². The maximum atomic E-state index is 12.1. The maximum Gasteiger partial charge on any atom is 0.323 e. The highest BCUT2D eigenvalue weighted by Gasteiger charge is 2.20. The SMILES string of the molecule is COCCN(CC(=O)O)C(=O)c1cnccc1Cl. The van der Waals surface area contributed by atoms with Gasteiger partial charge in [0, 0.05) is 26.0 Å². The largest absolute Gasteiger partial charge is 0.480 e. The van der Waals surface area contributed by atoms with Crippen LogP contribution in [0.25, 0.3) is 0 Å². The number of carboxylic acid groups (broad SMARTS) is 1. The molecule has 1 N–H and O–H groups in total. The third-order valence-corrected chi connectivity index (χ3v) is 2.51. The van der Waals surface area contributed by atoms with Crippen LogP contribution in [0.4, 0.5) is 0 Å². The molecule has 1 aromatic rings. The third kappa shape index (κ3) is 3.97. The fourth-order valence-corrected chi connectivity index (χ4v) is 1.51. The number of pyridine rings is 1. The second-order valence-corrected chi connectivity index (χ2v) is 3.88. The van der Waals surface area contributed by atoms with Gasteiger partial charge in [-0.25, -0.2) is 0 Å². The van der Waals surface area contributed by atoms with Gasteiger partial charge in [-0.3, -0.25) is 14.6 Å². The van der Waals surface area contributed by atoms with Crippen molar-refractivity contribution in [1.29, 1.82) is 0 Å². The molecule has 18 heavy (non-hydrogen) atoms. The van der Waals surface area contributed by atoms with Crippen LogP contribution in [0.5, 0.6) is 0 Å². The highest BCUT2D eigenvalue weighted by molar-refractivity contribution is 6.33. The van der Waals surface area contributed by atoms with E-state index in [4.69, 9.17) is 21.4 Å². The van der Waals surface area contributed by atoms with Gasteiger partial charge in [0.1, 0.15) is 6.54 Å². The molecule has 0 unspecified atom stereocenters. The monoisotopic (exact) mass is 272 g/mol. The van der Waals surface area contributed by atoms with E-state index in [1.165, 1.54) is 25.6 Å². The Balaban J connectivity index is 2.87. The second kappa shape index (κ2) is 6.93. The standard InChI is InChI=1S/C11H13ClN2O4/c1-18-5-4-14(7-10(15)16)11(17)8-6-13-3-2-9(8)12/h2-3,6H,4-5,7H2,1H3,(H,15,16). The van der Waals surface area contributed by atoms with E-state index in [0.29, 0.717) is 0 Å². The van der Waals surface area contributed by atoms with Crippen LogP contribution in [-0.4, -0.2) is 53.7 Å². The lowest BCUT2D eigenvalue weighted by atomic mass is 10.2. The smallest absolute Gasteiger partial charge is 0.323 e. The van der Waals surface area contributed by atoms with E-state index in [9.17, 15) is 9.59 Å². The zero-order valence-electron chi connectivity index (χ0n) is 9.80. The van der Waals surface area contributed by atoms with Gasteiger partial charge in [-0.2, -0.15) is 0 Å². The molecule has 0 aliphatic carbocycles. The highest BCUT2D eigenvalue weighted by atomic mass is 35.5. The molecule has 98 valence electrons. The van der Waals surface area contributed by atoms with Gasteiger partial charge >= 0.3 is 5.97 Å². The van der Waals surface area contributed by atoms with Crippen molar-refractivity contribution in [3.05, 3.63) is 29.0 Å². The molecule has 1 rings (SSSR count). The minimum Gasteiger partial charge on any atom is -0.480 e. The molecular weight excluding hydrogens is 260 g/mol. The molecule has 0 fully saturated rings. The van der Waals surface area contributed by atoms with Crippen molar-refractivity contribution in [3.63, 3.8) is 0 Å². The number of ether oxygens (including phenoxy) is 1. The van der Waals surface area contributed by atoms with Gasteiger partial charge in [-0.05, 0) is 6.07 Å². The average molecular weight is 273 g/mol. The molecule has 1 aromatic heterocycles. The average Bonchev–Trinajstić information content (AvgIpc) is 2.34. The summed E-state index contributed by atoms with van der Waals surface area (Å²) < 4.78 is 4.83. The number of halogens is 1. The number of carboxylic acids is 1. The Morgan fingerprint density at radius 2 is 2.28 bits per heavy atom. The first-order valence-corrected chi connectivity index (χ1v) is 5.53. The zero-order chi connectivity index (χ0) is 13.5. The molecule has 6 nitrogen and oxygen atoms in total. The summed E-state index contributed by atoms with van der Waals surface area (Å²) in [6, 6.07) is 1.48. The van der Waals surface area contributed by atoms with E-state index in [2.05, 4.69) is 4.98 Å². The van der Waals surface area contributed by atoms with Crippen LogP contribution < -0.4 is 0 Å². The first-order chi connectivity index (χ1) is 8.56. The number of carbonyl (C=O) groups excluding carboxylic acids is 1. The van der Waals surface area contributed by atoms with Crippen LogP contribution in [0.1, 0.15) is 10.4 Å². The first kappa shape index (κ1) is 14.4. The van der Waals surface area contributed by atoms with Crippen molar-refractivity contribution in [3.8, 4) is 0 Å². The number of aliphatic carboxylic acids is 1. The van der Waals surface area contributed by atoms with Crippen molar-refractivity contribution in [2.75, 3.05) is 26.8 Å². The quantitative estimate of drug-likeness (QED) is 0.832. The van der Waals surface area contributed by atoms with E-state index in [-0.39, 0.29) is 23.7 Å². The van der Waals surface area contributed by atoms with E-state index < -0.39 is 18.4 Å². The van der Waals surface area contributed by atoms with Crippen LogP contribution in [0.3, 0.4) is 0 Å². The highest BCUT2D eigenvalue weighted by Crippen LogP contribution is 2.15. The van der Waals surface area contributed by atoms with E-state index in [0.717, 1.165) is 4.90 Å². The third-order valence-electron chi connectivity index (χ3n) is 2.18. The second-order valence-electron chi connectivity index (χ2n) is 3.47. The van der Waals surface area contributed by atoms with E-state index in [1.54, 1.807) is 0 Å². The molecule has 1 heterocycles. The van der Waals surface area contributed by atoms with Gasteiger partial charge in [-0.1, -0.05) is 11.6 Å². The number of nitrogens with zero attached hydrogens (tertiary/aromatic N) is 2. The molecule has 0 spiro atoms. The first-order valence-electron chi connectivity index (χ1n) is 5.15. The Kier molecular flexibility index (Phi) is 5.54. The summed E-state index contributed by atoms with van der Waals surface area (Å²) >= 11 is 5.87. The number of hydrogen-bond acceptors (Lipinski definition) is 4. The summed E-state index contributed by atoms with van der Waals surface area (Å²) in [7, 11) is 1.47. The molecule has 0 aromatic carbocycles. The van der Waals surface area contributed by atoms with Crippen molar-refractivity contribution >= 4 is 23.5 Å². The van der Waals surface area contributed by atoms with Crippen LogP contribution in [0, 0.1) is 0 Å². The van der Waals surface area contributed by atoms with Crippen LogP contribution in [-0.2, 0) is 9.53 Å². The van der Waals surface area contributed by atoms with Crippen molar-refractivity contribution in [2.24, 2.45) is 0 Å². The van der Waals surface area contributed by atoms with Gasteiger partial charge in [0.2, 0.25) is 0 Å². The Hall–Kier alpha value is -1.66. The summed E-state index contributed by atoms with van der Waals surface area (Å²) in [5, 5.41) is 9.00. The van der Waals surface area contributed by atoms with Gasteiger partial charge in [0.05, 0.1) is 17.2 Å². The lowest BCUT2D eigenvalue weighted by Gasteiger charge is -2.20. The zero-order valence-corrected chi connectivity index (χ0v) is 10.6. The molecule has 0 bridgehead atoms. The van der Waals surface area contributed by atoms with Crippen LogP contribution in [0.2, 0.25) is 5.02 Å². The minimum absolute atomic E-state index is 0.173. The van der Waals surface area contributed by atoms with Crippen molar-refractivity contribution in [2.45, 2.75) is 0 Å². The normalized spacial score (nSPS) is 10.1. The Morgan fingerprint density at radius 3 is 2.83 bits per heavy atom. The number of aromatic nitrogens is 1. The Bertz CT molecular complexity index is 439. The predicted octanol–water partition coefficient (Wildman–Crippen LogP) is 0.908. The lowest BCUT2D eigenvalue weighted by Crippen LogP contribution is -2.38. The molecule has 1 amide bonds. The number of carbonyl (C=O) groups is 2. The van der Waals surface area contributed by atoms with Crippen molar-refractivity contribution < 1.29 is 19.4 Å². The van der Waals surface area contributed by atoms with Gasteiger partial charge in [0.15, 0.2) is 0 Å². The fourth-order valence-electron chi connectivity index (χ4n) is 1.32. The van der Waals surface area contributed by atoms with E-state index in [1.807, 2.05) is 0 Å². The summed E-state index contributed by atoms with van der Waals surface area (Å²) in [6.45, 7) is 0.0111. The molecule has 0 saturated heterocycles. The van der Waals surface area contributed by atoms with Gasteiger partial charge in [0.25, 0.3) is 5.91 Å². The van der Waals surface area contributed by atoms with Crippen LogP contribution in [0.15, 0.2) is 18.5 Å². The summed E-state index contributed by atoms with van der Waals surface area (Å²) in [5.41, 5.74) is 0.177. The fraction of sp³-hybridized carbons (Fsp3) is 0.364. The molecule has 0 aliphatic heterocycles. The maximum absolute atomic E-state index is 12.1. The lowest BCUT2D eigenvalue weighted by molar-refractivity contribution is -0.137. The van der Waals surface area contributed by atoms with E-state index >= 15 is 0 Å². The number of amides is 1. The van der Waals surface area contributed by atoms with Crippen LogP contribution >= 0.6 is 11.6 Å². The molecule has 0 saturated carbocycles. The minimum atomic E-state index is -1.10. The topological polar surface area (TPSA) is 79.7 Å². The molecule has 0 aliphatic rings. The van der Waals surface area contributed by atoms with Crippen molar-refractivity contribution in [1.82, 2.24) is 9.88 Å². The summed E-state index contributed by atoms with van der Waals surface area (Å²) in [4.78, 5) is 27.7. The van der Waals surface area contributed by atoms with Gasteiger partial charge in [-0.15, -0.1) is 0 Å². The number of hydrogen-bond donors (Lipinski definition) is 1. The molecule has 0 atom stereocenters. The Morgan fingerprint density at radius 1 is 1.56 bits per heavy atom. The van der Waals surface area contributed by atoms with Gasteiger partial charge < -0.3 is 14.7 Å². The molecule has 7 heteroatoms. The molecular formula is C11H13ClN2O4.